The van der Waals surface area contributed by atoms with Crippen molar-refractivity contribution in [1.29, 1.82) is 0 Å². The molecule has 5 heteroatoms. The highest BCUT2D eigenvalue weighted by Gasteiger charge is 2.15. The van der Waals surface area contributed by atoms with E-state index >= 15 is 0 Å². The Bertz CT molecular complexity index is 399. The van der Waals surface area contributed by atoms with Gasteiger partial charge < -0.3 is 14.9 Å². The molecule has 0 atom stereocenters. The Balaban J connectivity index is 0.000000441. The van der Waals surface area contributed by atoms with Gasteiger partial charge in [0.2, 0.25) is 0 Å². The van der Waals surface area contributed by atoms with E-state index in [0.29, 0.717) is 24.8 Å². The van der Waals surface area contributed by atoms with E-state index in [0.717, 1.165) is 0 Å². The first-order valence-electron chi connectivity index (χ1n) is 6.61. The average molecular weight is 286 g/mol. The molecule has 0 aliphatic heterocycles. The predicted octanol–water partition coefficient (Wildman–Crippen LogP) is 2.42. The molecule has 0 heterocycles. The van der Waals surface area contributed by atoms with Crippen molar-refractivity contribution in [3.63, 3.8) is 0 Å². The second-order valence-electron chi connectivity index (χ2n) is 4.36. The summed E-state index contributed by atoms with van der Waals surface area (Å²) in [7, 11) is 1.32. The first-order chi connectivity index (χ1) is 9.36. The lowest BCUT2D eigenvalue weighted by Gasteiger charge is -2.15. The molecule has 4 nitrogen and oxygen atoms in total. The third kappa shape index (κ3) is 7.86. The van der Waals surface area contributed by atoms with E-state index in [4.69, 9.17) is 10.2 Å². The standard InChI is InChI=1S/C10H11FO2.C5H12O2/c1-13-10(12)7-6-8-4-2-3-5-9(8)11;1-3-5(6,7)4-2/h2-5H,6-7H2,1H3;6-7H,3-4H2,1-2H3. The van der Waals surface area contributed by atoms with E-state index in [1.54, 1.807) is 32.0 Å². The van der Waals surface area contributed by atoms with E-state index in [1.165, 1.54) is 13.2 Å². The highest BCUT2D eigenvalue weighted by molar-refractivity contribution is 5.69. The lowest BCUT2D eigenvalue weighted by atomic mass is 10.1. The summed E-state index contributed by atoms with van der Waals surface area (Å²) in [4.78, 5) is 10.8. The Morgan fingerprint density at radius 3 is 2.20 bits per heavy atom. The number of aryl methyl sites for hydroxylation is 1. The molecule has 0 saturated heterocycles. The molecular formula is C15H23FO4. The molecule has 0 radical (unpaired) electrons. The summed E-state index contributed by atoms with van der Waals surface area (Å²) in [6, 6.07) is 6.41. The van der Waals surface area contributed by atoms with Crippen molar-refractivity contribution in [1.82, 2.24) is 0 Å². The van der Waals surface area contributed by atoms with Crippen LogP contribution < -0.4 is 0 Å². The van der Waals surface area contributed by atoms with Crippen LogP contribution in [0, 0.1) is 5.82 Å². The smallest absolute Gasteiger partial charge is 0.305 e. The summed E-state index contributed by atoms with van der Waals surface area (Å²) in [5.41, 5.74) is 0.549. The summed E-state index contributed by atoms with van der Waals surface area (Å²) >= 11 is 0. The number of esters is 1. The third-order valence-corrected chi connectivity index (χ3v) is 2.92. The van der Waals surface area contributed by atoms with Crippen LogP contribution in [0.3, 0.4) is 0 Å². The maximum absolute atomic E-state index is 13.0. The van der Waals surface area contributed by atoms with Gasteiger partial charge in [0.05, 0.1) is 7.11 Å². The molecule has 0 aliphatic rings. The molecule has 0 aromatic heterocycles. The summed E-state index contributed by atoms with van der Waals surface area (Å²) in [5.74, 6) is -2.00. The molecule has 20 heavy (non-hydrogen) atoms. The van der Waals surface area contributed by atoms with E-state index in [1.807, 2.05) is 0 Å². The molecule has 114 valence electrons. The van der Waals surface area contributed by atoms with Crippen LogP contribution in [0.15, 0.2) is 24.3 Å². The Kier molecular flexibility index (Phi) is 8.76. The van der Waals surface area contributed by atoms with Gasteiger partial charge in [-0.15, -0.1) is 0 Å². The molecule has 0 amide bonds. The van der Waals surface area contributed by atoms with Crippen LogP contribution in [0.1, 0.15) is 38.7 Å². The largest absolute Gasteiger partial charge is 0.469 e. The highest BCUT2D eigenvalue weighted by atomic mass is 19.1. The molecule has 0 unspecified atom stereocenters. The van der Waals surface area contributed by atoms with Gasteiger partial charge in [0, 0.05) is 6.42 Å². The topological polar surface area (TPSA) is 66.8 Å². The number of hydrogen-bond acceptors (Lipinski definition) is 4. The Morgan fingerprint density at radius 2 is 1.80 bits per heavy atom. The highest BCUT2D eigenvalue weighted by Crippen LogP contribution is 2.09. The van der Waals surface area contributed by atoms with Crippen molar-refractivity contribution in [2.24, 2.45) is 0 Å². The summed E-state index contributed by atoms with van der Waals surface area (Å²) in [6.07, 6.45) is 1.42. The van der Waals surface area contributed by atoms with Gasteiger partial charge in [-0.25, -0.2) is 4.39 Å². The molecular weight excluding hydrogens is 263 g/mol. The van der Waals surface area contributed by atoms with E-state index in [2.05, 4.69) is 4.74 Å². The fourth-order valence-electron chi connectivity index (χ4n) is 1.29. The van der Waals surface area contributed by atoms with Crippen LogP contribution >= 0.6 is 0 Å². The maximum atomic E-state index is 13.0. The molecule has 0 saturated carbocycles. The Hall–Kier alpha value is -1.46. The van der Waals surface area contributed by atoms with Crippen molar-refractivity contribution in [2.75, 3.05) is 7.11 Å². The maximum Gasteiger partial charge on any atom is 0.305 e. The Labute approximate surface area is 119 Å². The zero-order valence-corrected chi connectivity index (χ0v) is 12.2. The van der Waals surface area contributed by atoms with Crippen LogP contribution in [0.4, 0.5) is 4.39 Å². The lowest BCUT2D eigenvalue weighted by molar-refractivity contribution is -0.163. The molecule has 1 rings (SSSR count). The number of hydrogen-bond donors (Lipinski definition) is 2. The van der Waals surface area contributed by atoms with Gasteiger partial charge in [-0.3, -0.25) is 4.79 Å². The molecule has 0 spiro atoms. The third-order valence-electron chi connectivity index (χ3n) is 2.92. The van der Waals surface area contributed by atoms with E-state index < -0.39 is 5.79 Å². The first-order valence-corrected chi connectivity index (χ1v) is 6.61. The van der Waals surface area contributed by atoms with Gasteiger partial charge in [-0.2, -0.15) is 0 Å². The number of halogens is 1. The molecule has 1 aromatic rings. The minimum absolute atomic E-state index is 0.220. The van der Waals surface area contributed by atoms with Crippen LogP contribution in [-0.2, 0) is 16.0 Å². The number of methoxy groups -OCH3 is 1. The second kappa shape index (κ2) is 9.44. The number of aliphatic hydroxyl groups is 2. The molecule has 0 aliphatic carbocycles. The van der Waals surface area contributed by atoms with Gasteiger partial charge in [-0.1, -0.05) is 32.0 Å². The number of rotatable bonds is 5. The molecule has 0 fully saturated rings. The van der Waals surface area contributed by atoms with Crippen molar-refractivity contribution in [3.8, 4) is 0 Å². The number of benzene rings is 1. The van der Waals surface area contributed by atoms with Gasteiger partial charge in [-0.05, 0) is 30.9 Å². The van der Waals surface area contributed by atoms with E-state index in [-0.39, 0.29) is 18.2 Å². The Morgan fingerprint density at radius 1 is 1.25 bits per heavy atom. The average Bonchev–Trinajstić information content (AvgIpc) is 2.46. The fraction of sp³-hybridized carbons (Fsp3) is 0.533. The van der Waals surface area contributed by atoms with Crippen molar-refractivity contribution >= 4 is 5.97 Å². The monoisotopic (exact) mass is 286 g/mol. The second-order valence-corrected chi connectivity index (χ2v) is 4.36. The fourth-order valence-corrected chi connectivity index (χ4v) is 1.29. The normalized spacial score (nSPS) is 10.5. The first kappa shape index (κ1) is 18.5. The van der Waals surface area contributed by atoms with Gasteiger partial charge in [0.1, 0.15) is 5.82 Å². The van der Waals surface area contributed by atoms with Crippen molar-refractivity contribution < 1.29 is 24.1 Å². The minimum atomic E-state index is -1.42. The van der Waals surface area contributed by atoms with Gasteiger partial charge in [0.15, 0.2) is 5.79 Å². The van der Waals surface area contributed by atoms with Crippen molar-refractivity contribution in [2.45, 2.75) is 45.3 Å². The van der Waals surface area contributed by atoms with Crippen LogP contribution in [0.5, 0.6) is 0 Å². The summed E-state index contributed by atoms with van der Waals surface area (Å²) in [6.45, 7) is 3.48. The van der Waals surface area contributed by atoms with Gasteiger partial charge in [0.25, 0.3) is 0 Å². The van der Waals surface area contributed by atoms with Crippen molar-refractivity contribution in [3.05, 3.63) is 35.6 Å². The number of ether oxygens (including phenoxy) is 1. The molecule has 1 aromatic carbocycles. The van der Waals surface area contributed by atoms with Crippen LogP contribution in [0.2, 0.25) is 0 Å². The van der Waals surface area contributed by atoms with Crippen LogP contribution in [-0.4, -0.2) is 29.1 Å². The zero-order valence-electron chi connectivity index (χ0n) is 12.2. The molecule has 0 bridgehead atoms. The zero-order chi connectivity index (χ0) is 15.6. The minimum Gasteiger partial charge on any atom is -0.469 e. The van der Waals surface area contributed by atoms with Crippen LogP contribution in [0.25, 0.3) is 0 Å². The number of carbonyl (C=O) groups excluding carboxylic acids is 1. The lowest BCUT2D eigenvalue weighted by Crippen LogP contribution is -2.24. The number of carbonyl (C=O) groups is 1. The molecule has 2 N–H and O–H groups in total. The van der Waals surface area contributed by atoms with Gasteiger partial charge >= 0.3 is 5.97 Å². The quantitative estimate of drug-likeness (QED) is 0.644. The summed E-state index contributed by atoms with van der Waals surface area (Å²) < 4.78 is 17.4. The van der Waals surface area contributed by atoms with E-state index in [9.17, 15) is 9.18 Å². The summed E-state index contributed by atoms with van der Waals surface area (Å²) in [5, 5.41) is 17.4. The predicted molar refractivity (Wildman–Crippen MR) is 74.5 cm³/mol. The SMILES string of the molecule is CCC(O)(O)CC.COC(=O)CCc1ccccc1F.